The lowest BCUT2D eigenvalue weighted by Crippen LogP contribution is -2.27. The monoisotopic (exact) mass is 221 g/mol. The summed E-state index contributed by atoms with van der Waals surface area (Å²) >= 11 is 0. The van der Waals surface area contributed by atoms with Gasteiger partial charge in [-0.3, -0.25) is 4.79 Å². The molecule has 1 N–H and O–H groups in total. The molecule has 0 aliphatic carbocycles. The van der Waals surface area contributed by atoms with Gasteiger partial charge in [-0.05, 0) is 37.6 Å². The second-order valence-corrected chi connectivity index (χ2v) is 3.40. The summed E-state index contributed by atoms with van der Waals surface area (Å²) in [5, 5.41) is 2.59. The van der Waals surface area contributed by atoms with Gasteiger partial charge in [-0.15, -0.1) is 0 Å². The van der Waals surface area contributed by atoms with E-state index in [0.29, 0.717) is 17.9 Å². The normalized spacial score (nSPS) is 9.62. The summed E-state index contributed by atoms with van der Waals surface area (Å²) in [6.45, 7) is 4.04. The Morgan fingerprint density at radius 3 is 2.38 bits per heavy atom. The van der Waals surface area contributed by atoms with E-state index in [1.165, 1.54) is 6.92 Å². The van der Waals surface area contributed by atoms with Crippen LogP contribution in [0.2, 0.25) is 0 Å². The van der Waals surface area contributed by atoms with Crippen LogP contribution in [0, 0.1) is 0 Å². The molecule has 0 heterocycles. The molecule has 1 rings (SSSR count). The van der Waals surface area contributed by atoms with Crippen molar-refractivity contribution in [3.05, 3.63) is 29.8 Å². The Kier molecular flexibility index (Phi) is 4.51. The first kappa shape index (κ1) is 12.2. The predicted octanol–water partition coefficient (Wildman–Crippen LogP) is 2.39. The Bertz CT molecular complexity index is 370. The molecule has 0 spiro atoms. The van der Waals surface area contributed by atoms with Crippen molar-refractivity contribution >= 4 is 11.9 Å². The van der Waals surface area contributed by atoms with Gasteiger partial charge in [0.25, 0.3) is 0 Å². The number of carbonyl (C=O) groups is 2. The van der Waals surface area contributed by atoms with Crippen LogP contribution in [0.15, 0.2) is 24.3 Å². The largest absolute Gasteiger partial charge is 0.412 e. The van der Waals surface area contributed by atoms with E-state index in [4.69, 9.17) is 4.74 Å². The molecule has 1 amide bonds. The second kappa shape index (κ2) is 5.90. The fourth-order valence-electron chi connectivity index (χ4n) is 1.13. The third-order valence-corrected chi connectivity index (χ3v) is 1.99. The van der Waals surface area contributed by atoms with E-state index < -0.39 is 6.09 Å². The lowest BCUT2D eigenvalue weighted by Gasteiger charge is -2.05. The van der Waals surface area contributed by atoms with Gasteiger partial charge in [0.05, 0.1) is 0 Å². The first-order chi connectivity index (χ1) is 7.63. The number of hydrogen-bond donors (Lipinski definition) is 1. The molecule has 0 saturated carbocycles. The topological polar surface area (TPSA) is 55.4 Å². The highest BCUT2D eigenvalue weighted by Gasteiger charge is 2.04. The number of nitrogens with one attached hydrogen (secondary N) is 1. The molecular formula is C12H15NO3. The molecule has 0 aliphatic heterocycles. The van der Waals surface area contributed by atoms with Crippen LogP contribution in [0.3, 0.4) is 0 Å². The fourth-order valence-corrected chi connectivity index (χ4v) is 1.13. The Morgan fingerprint density at radius 2 is 1.88 bits per heavy atom. The van der Waals surface area contributed by atoms with Crippen LogP contribution >= 0.6 is 0 Å². The van der Waals surface area contributed by atoms with E-state index in [-0.39, 0.29) is 5.78 Å². The maximum absolute atomic E-state index is 11.2. The molecule has 1 aromatic rings. The zero-order chi connectivity index (χ0) is 12.0. The quantitative estimate of drug-likeness (QED) is 0.794. The molecule has 4 nitrogen and oxygen atoms in total. The molecule has 86 valence electrons. The van der Waals surface area contributed by atoms with Crippen molar-refractivity contribution in [3.8, 4) is 5.75 Å². The van der Waals surface area contributed by atoms with E-state index in [1.54, 1.807) is 24.3 Å². The van der Waals surface area contributed by atoms with E-state index in [0.717, 1.165) is 6.42 Å². The van der Waals surface area contributed by atoms with Crippen molar-refractivity contribution in [2.45, 2.75) is 20.3 Å². The predicted molar refractivity (Wildman–Crippen MR) is 60.8 cm³/mol. The smallest absolute Gasteiger partial charge is 0.410 e. The van der Waals surface area contributed by atoms with E-state index >= 15 is 0 Å². The summed E-state index contributed by atoms with van der Waals surface area (Å²) in [4.78, 5) is 22.2. The highest BCUT2D eigenvalue weighted by molar-refractivity contribution is 5.94. The molecule has 0 unspecified atom stereocenters. The van der Waals surface area contributed by atoms with Crippen molar-refractivity contribution in [2.24, 2.45) is 0 Å². The van der Waals surface area contributed by atoms with Gasteiger partial charge < -0.3 is 10.1 Å². The summed E-state index contributed by atoms with van der Waals surface area (Å²) in [5.74, 6) is 0.417. The van der Waals surface area contributed by atoms with Crippen LogP contribution in [0.4, 0.5) is 4.79 Å². The van der Waals surface area contributed by atoms with Crippen LogP contribution in [0.25, 0.3) is 0 Å². The fraction of sp³-hybridized carbons (Fsp3) is 0.333. The first-order valence-electron chi connectivity index (χ1n) is 5.20. The molecule has 0 fully saturated rings. The molecule has 4 heteroatoms. The summed E-state index contributed by atoms with van der Waals surface area (Å²) in [5.41, 5.74) is 0.598. The van der Waals surface area contributed by atoms with Crippen molar-refractivity contribution < 1.29 is 14.3 Å². The lowest BCUT2D eigenvalue weighted by atomic mass is 10.1. The number of ether oxygens (including phenoxy) is 1. The zero-order valence-electron chi connectivity index (χ0n) is 9.45. The minimum absolute atomic E-state index is 0.0121. The van der Waals surface area contributed by atoms with E-state index in [2.05, 4.69) is 5.32 Å². The van der Waals surface area contributed by atoms with Crippen molar-refractivity contribution in [2.75, 3.05) is 6.54 Å². The molecular weight excluding hydrogens is 206 g/mol. The summed E-state index contributed by atoms with van der Waals surface area (Å²) in [6, 6.07) is 6.46. The van der Waals surface area contributed by atoms with Gasteiger partial charge in [0.2, 0.25) is 0 Å². The van der Waals surface area contributed by atoms with E-state index in [1.807, 2.05) is 6.92 Å². The average molecular weight is 221 g/mol. The third kappa shape index (κ3) is 3.73. The number of rotatable bonds is 4. The third-order valence-electron chi connectivity index (χ3n) is 1.99. The van der Waals surface area contributed by atoms with Gasteiger partial charge in [0, 0.05) is 12.1 Å². The Hall–Kier alpha value is -1.84. The van der Waals surface area contributed by atoms with Crippen LogP contribution < -0.4 is 10.1 Å². The SMILES string of the molecule is CCCNC(=O)Oc1ccc(C(C)=O)cc1. The molecule has 0 aliphatic rings. The second-order valence-electron chi connectivity index (χ2n) is 3.40. The zero-order valence-corrected chi connectivity index (χ0v) is 9.45. The van der Waals surface area contributed by atoms with Crippen molar-refractivity contribution in [1.29, 1.82) is 0 Å². The van der Waals surface area contributed by atoms with E-state index in [9.17, 15) is 9.59 Å². The maximum Gasteiger partial charge on any atom is 0.412 e. The van der Waals surface area contributed by atoms with Gasteiger partial charge in [-0.2, -0.15) is 0 Å². The van der Waals surface area contributed by atoms with Gasteiger partial charge in [-0.1, -0.05) is 6.92 Å². The molecule has 1 aromatic carbocycles. The van der Waals surface area contributed by atoms with Crippen LogP contribution in [-0.4, -0.2) is 18.4 Å². The van der Waals surface area contributed by atoms with Crippen LogP contribution in [-0.2, 0) is 0 Å². The summed E-state index contributed by atoms with van der Waals surface area (Å²) in [6.07, 6.45) is 0.385. The number of amides is 1. The average Bonchev–Trinajstić information content (AvgIpc) is 2.27. The minimum atomic E-state index is -0.475. The van der Waals surface area contributed by atoms with Crippen molar-refractivity contribution in [3.63, 3.8) is 0 Å². The Labute approximate surface area is 94.6 Å². The molecule has 0 atom stereocenters. The van der Waals surface area contributed by atoms with Gasteiger partial charge in [-0.25, -0.2) is 4.79 Å². The minimum Gasteiger partial charge on any atom is -0.410 e. The van der Waals surface area contributed by atoms with Crippen LogP contribution in [0.5, 0.6) is 5.75 Å². The number of benzene rings is 1. The highest BCUT2D eigenvalue weighted by atomic mass is 16.5. The summed E-state index contributed by atoms with van der Waals surface area (Å²) in [7, 11) is 0. The molecule has 0 saturated heterocycles. The standard InChI is InChI=1S/C12H15NO3/c1-3-8-13-12(15)16-11-6-4-10(5-7-11)9(2)14/h4-7H,3,8H2,1-2H3,(H,13,15). The van der Waals surface area contributed by atoms with Gasteiger partial charge in [0.1, 0.15) is 5.75 Å². The molecule has 0 bridgehead atoms. The Morgan fingerprint density at radius 1 is 1.25 bits per heavy atom. The molecule has 16 heavy (non-hydrogen) atoms. The number of ketones is 1. The van der Waals surface area contributed by atoms with Gasteiger partial charge >= 0.3 is 6.09 Å². The molecule has 0 aromatic heterocycles. The number of carbonyl (C=O) groups excluding carboxylic acids is 2. The summed E-state index contributed by atoms with van der Waals surface area (Å²) < 4.78 is 4.99. The Balaban J connectivity index is 2.55. The maximum atomic E-state index is 11.2. The van der Waals surface area contributed by atoms with Crippen molar-refractivity contribution in [1.82, 2.24) is 5.32 Å². The number of hydrogen-bond acceptors (Lipinski definition) is 3. The lowest BCUT2D eigenvalue weighted by molar-refractivity contribution is 0.101. The van der Waals surface area contributed by atoms with Crippen LogP contribution in [0.1, 0.15) is 30.6 Å². The molecule has 0 radical (unpaired) electrons. The van der Waals surface area contributed by atoms with Gasteiger partial charge in [0.15, 0.2) is 5.78 Å². The number of Topliss-reactive ketones (excluding diaryl/α,β-unsaturated/α-hetero) is 1. The first-order valence-corrected chi connectivity index (χ1v) is 5.20. The highest BCUT2D eigenvalue weighted by Crippen LogP contribution is 2.12.